The van der Waals surface area contributed by atoms with E-state index in [1.54, 1.807) is 10.6 Å². The molecule has 1 atom stereocenters. The first-order valence-electron chi connectivity index (χ1n) is 10.2. The summed E-state index contributed by atoms with van der Waals surface area (Å²) in [5.41, 5.74) is 1.40. The normalized spacial score (nSPS) is 13.5. The molecule has 2 aromatic heterocycles. The maximum Gasteiger partial charge on any atom is 0.255 e. The van der Waals surface area contributed by atoms with Crippen LogP contribution in [0.2, 0.25) is 0 Å². The van der Waals surface area contributed by atoms with Gasteiger partial charge in [0, 0.05) is 48.2 Å². The maximum absolute atomic E-state index is 13.1. The first-order valence-corrected chi connectivity index (χ1v) is 10.2. The van der Waals surface area contributed by atoms with Gasteiger partial charge < -0.3 is 18.9 Å². The van der Waals surface area contributed by atoms with E-state index in [9.17, 15) is 9.59 Å². The standard InChI is InChI=1S/C23H36N4O2/c1-17(2)26-13-9-10-19(22(26)29)20(25(7)8)14-23(3,4)27-16-18(15-24(5)6)11-12-21(27)28/h9-13,16-17,20H,14-15H2,1-8H3. The smallest absolute Gasteiger partial charge is 0.255 e. The van der Waals surface area contributed by atoms with Crippen molar-refractivity contribution in [1.29, 1.82) is 0 Å². The van der Waals surface area contributed by atoms with E-state index in [0.29, 0.717) is 6.42 Å². The molecule has 6 nitrogen and oxygen atoms in total. The fraction of sp³-hybridized carbons (Fsp3) is 0.565. The molecule has 1 unspecified atom stereocenters. The highest BCUT2D eigenvalue weighted by molar-refractivity contribution is 5.18. The molecule has 0 radical (unpaired) electrons. The van der Waals surface area contributed by atoms with Gasteiger partial charge in [0.05, 0.1) is 0 Å². The SMILES string of the molecule is CC(C)n1cccc(C(CC(C)(C)n2cc(CN(C)C)ccc2=O)N(C)C)c1=O. The molecule has 0 aromatic carbocycles. The van der Waals surface area contributed by atoms with E-state index in [1.807, 2.05) is 77.2 Å². The van der Waals surface area contributed by atoms with Crippen LogP contribution < -0.4 is 11.1 Å². The molecule has 6 heteroatoms. The van der Waals surface area contributed by atoms with E-state index in [-0.39, 0.29) is 23.2 Å². The Hall–Kier alpha value is -2.18. The highest BCUT2D eigenvalue weighted by atomic mass is 16.1. The van der Waals surface area contributed by atoms with Gasteiger partial charge in [-0.15, -0.1) is 0 Å². The third kappa shape index (κ3) is 5.46. The van der Waals surface area contributed by atoms with Gasteiger partial charge in [0.2, 0.25) is 0 Å². The molecule has 0 aliphatic heterocycles. The molecule has 0 spiro atoms. The highest BCUT2D eigenvalue weighted by Gasteiger charge is 2.30. The van der Waals surface area contributed by atoms with Crippen molar-refractivity contribution >= 4 is 0 Å². The molecule has 0 bridgehead atoms. The van der Waals surface area contributed by atoms with Crippen LogP contribution >= 0.6 is 0 Å². The number of hydrogen-bond donors (Lipinski definition) is 0. The number of aromatic nitrogens is 2. The molecule has 0 saturated carbocycles. The lowest BCUT2D eigenvalue weighted by atomic mass is 9.90. The fourth-order valence-corrected chi connectivity index (χ4v) is 3.79. The third-order valence-electron chi connectivity index (χ3n) is 5.36. The van der Waals surface area contributed by atoms with E-state index in [0.717, 1.165) is 17.7 Å². The predicted molar refractivity (Wildman–Crippen MR) is 120 cm³/mol. The second-order valence-electron chi connectivity index (χ2n) is 9.25. The summed E-state index contributed by atoms with van der Waals surface area (Å²) in [6.07, 6.45) is 4.43. The number of rotatable bonds is 8. The summed E-state index contributed by atoms with van der Waals surface area (Å²) < 4.78 is 3.58. The Balaban J connectivity index is 2.47. The van der Waals surface area contributed by atoms with E-state index in [4.69, 9.17) is 0 Å². The topological polar surface area (TPSA) is 50.5 Å². The molecule has 2 rings (SSSR count). The molecule has 160 valence electrons. The Morgan fingerprint density at radius 2 is 1.69 bits per heavy atom. The zero-order chi connectivity index (χ0) is 21.9. The van der Waals surface area contributed by atoms with Crippen molar-refractivity contribution in [2.24, 2.45) is 0 Å². The van der Waals surface area contributed by atoms with Crippen LogP contribution in [-0.2, 0) is 12.1 Å². The van der Waals surface area contributed by atoms with Crippen LogP contribution in [0.5, 0.6) is 0 Å². The van der Waals surface area contributed by atoms with Crippen molar-refractivity contribution in [2.75, 3.05) is 28.2 Å². The van der Waals surface area contributed by atoms with Crippen LogP contribution in [-0.4, -0.2) is 47.1 Å². The van der Waals surface area contributed by atoms with E-state index >= 15 is 0 Å². The lowest BCUT2D eigenvalue weighted by molar-refractivity contribution is 0.193. The second kappa shape index (κ2) is 9.09. The Kier molecular flexibility index (Phi) is 7.25. The number of hydrogen-bond acceptors (Lipinski definition) is 4. The van der Waals surface area contributed by atoms with Gasteiger partial charge in [-0.3, -0.25) is 9.59 Å². The van der Waals surface area contributed by atoms with Gasteiger partial charge in [-0.05, 0) is 73.9 Å². The van der Waals surface area contributed by atoms with Crippen molar-refractivity contribution in [3.8, 4) is 0 Å². The third-order valence-corrected chi connectivity index (χ3v) is 5.36. The molecule has 0 saturated heterocycles. The van der Waals surface area contributed by atoms with Gasteiger partial charge in [-0.2, -0.15) is 0 Å². The van der Waals surface area contributed by atoms with Crippen molar-refractivity contribution in [3.63, 3.8) is 0 Å². The lowest BCUT2D eigenvalue weighted by Gasteiger charge is -2.35. The van der Waals surface area contributed by atoms with E-state index in [2.05, 4.69) is 23.6 Å². The fourth-order valence-electron chi connectivity index (χ4n) is 3.79. The first kappa shape index (κ1) is 23.1. The zero-order valence-electron chi connectivity index (χ0n) is 19.1. The molecular formula is C23H36N4O2. The summed E-state index contributed by atoms with van der Waals surface area (Å²) >= 11 is 0. The average molecular weight is 401 g/mol. The molecule has 29 heavy (non-hydrogen) atoms. The molecule has 0 aliphatic carbocycles. The van der Waals surface area contributed by atoms with Crippen molar-refractivity contribution < 1.29 is 0 Å². The molecule has 2 heterocycles. The van der Waals surface area contributed by atoms with Gasteiger partial charge in [-0.1, -0.05) is 12.1 Å². The predicted octanol–water partition coefficient (Wildman–Crippen LogP) is 3.08. The lowest BCUT2D eigenvalue weighted by Crippen LogP contribution is -2.41. The van der Waals surface area contributed by atoms with Crippen LogP contribution in [0.25, 0.3) is 0 Å². The van der Waals surface area contributed by atoms with Crippen molar-refractivity contribution in [2.45, 2.75) is 58.3 Å². The Morgan fingerprint density at radius 1 is 1.03 bits per heavy atom. The van der Waals surface area contributed by atoms with Crippen LogP contribution in [0.3, 0.4) is 0 Å². The van der Waals surface area contributed by atoms with Crippen LogP contribution in [0.1, 0.15) is 57.3 Å². The Labute approximate surface area is 174 Å². The second-order valence-corrected chi connectivity index (χ2v) is 9.25. The number of nitrogens with zero attached hydrogens (tertiary/aromatic N) is 4. The molecule has 0 aliphatic rings. The van der Waals surface area contributed by atoms with Crippen LogP contribution in [0.4, 0.5) is 0 Å². The highest BCUT2D eigenvalue weighted by Crippen LogP contribution is 2.30. The van der Waals surface area contributed by atoms with Gasteiger partial charge in [0.15, 0.2) is 0 Å². The van der Waals surface area contributed by atoms with Gasteiger partial charge >= 0.3 is 0 Å². The minimum atomic E-state index is -0.459. The van der Waals surface area contributed by atoms with E-state index < -0.39 is 5.54 Å². The zero-order valence-corrected chi connectivity index (χ0v) is 19.1. The molecule has 0 N–H and O–H groups in total. The minimum Gasteiger partial charge on any atom is -0.313 e. The van der Waals surface area contributed by atoms with Crippen LogP contribution in [0, 0.1) is 0 Å². The first-order chi connectivity index (χ1) is 13.4. The summed E-state index contributed by atoms with van der Waals surface area (Å²) in [6, 6.07) is 7.37. The summed E-state index contributed by atoms with van der Waals surface area (Å²) in [5, 5.41) is 0. The summed E-state index contributed by atoms with van der Waals surface area (Å²) in [7, 11) is 7.99. The van der Waals surface area contributed by atoms with Gasteiger partial charge in [0.25, 0.3) is 11.1 Å². The summed E-state index contributed by atoms with van der Waals surface area (Å²) in [6.45, 7) is 8.92. The summed E-state index contributed by atoms with van der Waals surface area (Å²) in [5.74, 6) is 0. The van der Waals surface area contributed by atoms with Gasteiger partial charge in [-0.25, -0.2) is 0 Å². The monoisotopic (exact) mass is 400 g/mol. The quantitative estimate of drug-likeness (QED) is 0.683. The van der Waals surface area contributed by atoms with Gasteiger partial charge in [0.1, 0.15) is 0 Å². The molecular weight excluding hydrogens is 364 g/mol. The molecule has 0 fully saturated rings. The summed E-state index contributed by atoms with van der Waals surface area (Å²) in [4.78, 5) is 29.9. The molecule has 0 amide bonds. The van der Waals surface area contributed by atoms with Crippen molar-refractivity contribution in [1.82, 2.24) is 18.9 Å². The van der Waals surface area contributed by atoms with Crippen molar-refractivity contribution in [3.05, 3.63) is 68.5 Å². The minimum absolute atomic E-state index is 0.0253. The largest absolute Gasteiger partial charge is 0.313 e. The van der Waals surface area contributed by atoms with Crippen LogP contribution in [0.15, 0.2) is 46.2 Å². The number of pyridine rings is 2. The maximum atomic E-state index is 13.1. The average Bonchev–Trinajstić information content (AvgIpc) is 2.61. The Morgan fingerprint density at radius 3 is 2.24 bits per heavy atom. The van der Waals surface area contributed by atoms with E-state index in [1.165, 1.54) is 0 Å². The Bertz CT molecular complexity index is 938. The molecule has 2 aromatic rings.